The van der Waals surface area contributed by atoms with E-state index in [1.54, 1.807) is 47.1 Å². The van der Waals surface area contributed by atoms with Gasteiger partial charge in [-0.25, -0.2) is 4.79 Å². The number of benzene rings is 2. The Morgan fingerprint density at radius 1 is 1.06 bits per heavy atom. The zero-order valence-corrected chi connectivity index (χ0v) is 19.5. The Bertz CT molecular complexity index is 1100. The summed E-state index contributed by atoms with van der Waals surface area (Å²) in [5.74, 6) is -1.26. The van der Waals surface area contributed by atoms with Crippen LogP contribution in [0.25, 0.3) is 0 Å². The second-order valence-electron chi connectivity index (χ2n) is 8.79. The van der Waals surface area contributed by atoms with Crippen LogP contribution in [0.5, 0.6) is 0 Å². The van der Waals surface area contributed by atoms with E-state index >= 15 is 0 Å². The number of hydrogen-bond acceptors (Lipinski definition) is 5. The maximum absolute atomic E-state index is 12.9. The second-order valence-corrected chi connectivity index (χ2v) is 8.79. The molecule has 1 N–H and O–H groups in total. The molecule has 4 rings (SSSR count). The molecule has 178 valence electrons. The Morgan fingerprint density at radius 2 is 1.82 bits per heavy atom. The van der Waals surface area contributed by atoms with Crippen LogP contribution in [0.2, 0.25) is 0 Å². The molecule has 3 amide bonds. The van der Waals surface area contributed by atoms with Gasteiger partial charge in [-0.3, -0.25) is 14.4 Å². The van der Waals surface area contributed by atoms with Gasteiger partial charge in [0.25, 0.3) is 0 Å². The third kappa shape index (κ3) is 5.11. The third-order valence-corrected chi connectivity index (χ3v) is 6.37. The van der Waals surface area contributed by atoms with Crippen LogP contribution in [-0.4, -0.2) is 54.3 Å². The number of ether oxygens (including phenoxy) is 1. The molecule has 34 heavy (non-hydrogen) atoms. The summed E-state index contributed by atoms with van der Waals surface area (Å²) in [6.07, 6.45) is 1.04. The van der Waals surface area contributed by atoms with Gasteiger partial charge in [0.1, 0.15) is 0 Å². The van der Waals surface area contributed by atoms with Gasteiger partial charge >= 0.3 is 12.0 Å². The molecule has 2 heterocycles. The van der Waals surface area contributed by atoms with Gasteiger partial charge in [0.2, 0.25) is 11.7 Å². The molecule has 0 bridgehead atoms. The van der Waals surface area contributed by atoms with E-state index < -0.39 is 18.0 Å². The number of ketones is 1. The van der Waals surface area contributed by atoms with Crippen LogP contribution >= 0.6 is 0 Å². The Kier molecular flexibility index (Phi) is 6.95. The minimum Gasteiger partial charge on any atom is -0.454 e. The van der Waals surface area contributed by atoms with Gasteiger partial charge < -0.3 is 19.9 Å². The lowest BCUT2D eigenvalue weighted by Crippen LogP contribution is -2.45. The van der Waals surface area contributed by atoms with Crippen molar-refractivity contribution in [1.29, 1.82) is 0 Å². The van der Waals surface area contributed by atoms with Crippen molar-refractivity contribution >= 4 is 35.1 Å². The van der Waals surface area contributed by atoms with Crippen molar-refractivity contribution < 1.29 is 23.9 Å². The summed E-state index contributed by atoms with van der Waals surface area (Å²) < 4.78 is 5.52. The maximum Gasteiger partial charge on any atom is 0.321 e. The number of carbonyl (C=O) groups is 4. The van der Waals surface area contributed by atoms with Crippen molar-refractivity contribution in [2.24, 2.45) is 5.92 Å². The average molecular weight is 464 g/mol. The Morgan fingerprint density at radius 3 is 2.56 bits per heavy atom. The van der Waals surface area contributed by atoms with Gasteiger partial charge in [0.15, 0.2) is 6.10 Å². The van der Waals surface area contributed by atoms with Crippen LogP contribution in [0.1, 0.15) is 42.6 Å². The van der Waals surface area contributed by atoms with E-state index in [4.69, 9.17) is 4.74 Å². The van der Waals surface area contributed by atoms with E-state index in [0.717, 1.165) is 11.3 Å². The minimum absolute atomic E-state index is 0.0286. The number of esters is 1. The van der Waals surface area contributed by atoms with E-state index in [1.807, 2.05) is 18.2 Å². The quantitative estimate of drug-likeness (QED) is 0.539. The van der Waals surface area contributed by atoms with Gasteiger partial charge in [0, 0.05) is 43.5 Å². The van der Waals surface area contributed by atoms with E-state index in [9.17, 15) is 19.2 Å². The van der Waals surface area contributed by atoms with E-state index in [-0.39, 0.29) is 24.3 Å². The fraction of sp³-hybridized carbons (Fsp3) is 0.385. The lowest BCUT2D eigenvalue weighted by Gasteiger charge is -2.32. The second kappa shape index (κ2) is 10.1. The molecule has 2 aromatic carbocycles. The number of piperidine rings is 1. The topological polar surface area (TPSA) is 96.0 Å². The predicted molar refractivity (Wildman–Crippen MR) is 128 cm³/mol. The Hall–Kier alpha value is -3.68. The first-order chi connectivity index (χ1) is 16.3. The van der Waals surface area contributed by atoms with Gasteiger partial charge in [-0.1, -0.05) is 18.2 Å². The third-order valence-electron chi connectivity index (χ3n) is 6.37. The number of Topliss-reactive ketones (excluding diaryl/α,β-unsaturated/α-hetero) is 1. The summed E-state index contributed by atoms with van der Waals surface area (Å²) in [6.45, 7) is 4.50. The molecule has 0 saturated carbocycles. The highest BCUT2D eigenvalue weighted by Crippen LogP contribution is 2.29. The molecule has 2 unspecified atom stereocenters. The summed E-state index contributed by atoms with van der Waals surface area (Å²) >= 11 is 0. The van der Waals surface area contributed by atoms with Crippen molar-refractivity contribution in [3.8, 4) is 0 Å². The number of nitrogens with zero attached hydrogens (tertiary/aromatic N) is 2. The molecule has 2 aliphatic heterocycles. The standard InChI is InChI=1S/C26H29N3O5/c1-17(24(31)20-10-11-23-19(15-20)12-14-29(23)18(2)30)34-25(32)21-7-6-13-28(16-21)26(33)27-22-8-4-3-5-9-22/h3-5,8-11,15,17,21H,6-7,12-14,16H2,1-2H3,(H,27,33). The number of amides is 3. The summed E-state index contributed by atoms with van der Waals surface area (Å²) in [4.78, 5) is 53.3. The molecule has 0 spiro atoms. The van der Waals surface area contributed by atoms with Crippen LogP contribution in [0.3, 0.4) is 0 Å². The van der Waals surface area contributed by atoms with Crippen molar-refractivity contribution in [2.45, 2.75) is 39.2 Å². The van der Waals surface area contributed by atoms with Crippen molar-refractivity contribution in [2.75, 3.05) is 29.9 Å². The molecular weight excluding hydrogens is 434 g/mol. The summed E-state index contributed by atoms with van der Waals surface area (Å²) in [5.41, 5.74) is 2.91. The average Bonchev–Trinajstić information content (AvgIpc) is 3.28. The zero-order chi connectivity index (χ0) is 24.2. The monoisotopic (exact) mass is 463 g/mol. The molecule has 8 nitrogen and oxygen atoms in total. The number of carbonyl (C=O) groups excluding carboxylic acids is 4. The molecular formula is C26H29N3O5. The highest BCUT2D eigenvalue weighted by molar-refractivity contribution is 6.02. The summed E-state index contributed by atoms with van der Waals surface area (Å²) in [7, 11) is 0. The number of anilines is 2. The maximum atomic E-state index is 12.9. The lowest BCUT2D eigenvalue weighted by atomic mass is 9.98. The fourth-order valence-electron chi connectivity index (χ4n) is 4.52. The largest absolute Gasteiger partial charge is 0.454 e. The van der Waals surface area contributed by atoms with E-state index in [1.165, 1.54) is 6.92 Å². The first kappa shape index (κ1) is 23.5. The van der Waals surface area contributed by atoms with Crippen LogP contribution in [-0.2, 0) is 20.7 Å². The minimum atomic E-state index is -0.940. The number of para-hydroxylation sites is 1. The van der Waals surface area contributed by atoms with E-state index in [0.29, 0.717) is 43.6 Å². The molecule has 0 aliphatic carbocycles. The van der Waals surface area contributed by atoms with Crippen molar-refractivity contribution in [3.05, 3.63) is 59.7 Å². The Balaban J connectivity index is 1.34. The molecule has 0 aromatic heterocycles. The fourth-order valence-corrected chi connectivity index (χ4v) is 4.52. The molecule has 0 radical (unpaired) electrons. The van der Waals surface area contributed by atoms with Gasteiger partial charge in [-0.15, -0.1) is 0 Å². The number of nitrogens with one attached hydrogen (secondary N) is 1. The number of likely N-dealkylation sites (tertiary alicyclic amines) is 1. The number of urea groups is 1. The molecule has 2 aromatic rings. The summed E-state index contributed by atoms with van der Waals surface area (Å²) in [6, 6.07) is 14.1. The Labute approximate surface area is 198 Å². The SMILES string of the molecule is CC(=O)N1CCc2cc(C(=O)C(C)OC(=O)C3CCCN(C(=O)Nc4ccccc4)C3)ccc21. The molecule has 2 atom stereocenters. The first-order valence-electron chi connectivity index (χ1n) is 11.6. The van der Waals surface area contributed by atoms with Gasteiger partial charge in [-0.05, 0) is 62.1 Å². The lowest BCUT2D eigenvalue weighted by molar-refractivity contribution is -0.152. The van der Waals surface area contributed by atoms with Crippen molar-refractivity contribution in [1.82, 2.24) is 4.90 Å². The number of rotatable bonds is 5. The predicted octanol–water partition coefficient (Wildman–Crippen LogP) is 3.65. The number of hydrogen-bond donors (Lipinski definition) is 1. The smallest absolute Gasteiger partial charge is 0.321 e. The van der Waals surface area contributed by atoms with E-state index in [2.05, 4.69) is 5.32 Å². The van der Waals surface area contributed by atoms with Crippen molar-refractivity contribution in [3.63, 3.8) is 0 Å². The first-order valence-corrected chi connectivity index (χ1v) is 11.6. The van der Waals surface area contributed by atoms with Crippen LogP contribution in [0.4, 0.5) is 16.2 Å². The highest BCUT2D eigenvalue weighted by atomic mass is 16.5. The van der Waals surface area contributed by atoms with Crippen LogP contribution < -0.4 is 10.2 Å². The summed E-state index contributed by atoms with van der Waals surface area (Å²) in [5, 5.41) is 2.84. The zero-order valence-electron chi connectivity index (χ0n) is 19.5. The highest BCUT2D eigenvalue weighted by Gasteiger charge is 2.32. The van der Waals surface area contributed by atoms with Gasteiger partial charge in [0.05, 0.1) is 5.92 Å². The molecule has 1 fully saturated rings. The molecule has 2 aliphatic rings. The molecule has 1 saturated heterocycles. The normalized spacial score (nSPS) is 18.1. The molecule has 8 heteroatoms. The van der Waals surface area contributed by atoms with Crippen LogP contribution in [0.15, 0.2) is 48.5 Å². The van der Waals surface area contributed by atoms with Gasteiger partial charge in [-0.2, -0.15) is 0 Å². The van der Waals surface area contributed by atoms with Crippen LogP contribution in [0, 0.1) is 5.92 Å². The number of fused-ring (bicyclic) bond motifs is 1.